The Morgan fingerprint density at radius 3 is 2.48 bits per heavy atom. The van der Waals surface area contributed by atoms with Gasteiger partial charge < -0.3 is 10.2 Å². The highest BCUT2D eigenvalue weighted by Gasteiger charge is 2.23. The predicted molar refractivity (Wildman–Crippen MR) is 97.5 cm³/mol. The predicted octanol–water partition coefficient (Wildman–Crippen LogP) is 4.55. The number of unbranched alkanes of at least 4 members (excludes halogenated alkanes) is 2. The molecule has 0 unspecified atom stereocenters. The van der Waals surface area contributed by atoms with Crippen molar-refractivity contribution in [1.29, 1.82) is 0 Å². The number of rotatable bonds is 8. The first-order valence-corrected chi connectivity index (χ1v) is 9.23. The number of carbonyl (C=O) groups excluding carboxylic acids is 1. The van der Waals surface area contributed by atoms with Gasteiger partial charge in [-0.15, -0.1) is 0 Å². The highest BCUT2D eigenvalue weighted by Crippen LogP contribution is 2.24. The van der Waals surface area contributed by atoms with Crippen molar-refractivity contribution in [3.05, 3.63) is 30.3 Å². The molecule has 0 aromatic heterocycles. The van der Waals surface area contributed by atoms with E-state index in [1.807, 2.05) is 18.2 Å². The van der Waals surface area contributed by atoms with Crippen molar-refractivity contribution in [2.45, 2.75) is 52.4 Å². The first kappa shape index (κ1) is 17.8. The molecule has 0 atom stereocenters. The average molecular weight is 316 g/mol. The number of carbonyl (C=O) groups is 1. The molecular formula is C20H32N2O. The maximum Gasteiger partial charge on any atom is 0.222 e. The Bertz CT molecular complexity index is 450. The second kappa shape index (κ2) is 9.59. The van der Waals surface area contributed by atoms with Crippen molar-refractivity contribution < 1.29 is 4.79 Å². The van der Waals surface area contributed by atoms with Gasteiger partial charge in [-0.2, -0.15) is 0 Å². The number of para-hydroxylation sites is 1. The highest BCUT2D eigenvalue weighted by molar-refractivity contribution is 5.76. The summed E-state index contributed by atoms with van der Waals surface area (Å²) in [7, 11) is 0. The summed E-state index contributed by atoms with van der Waals surface area (Å²) in [4.78, 5) is 14.3. The van der Waals surface area contributed by atoms with Crippen LogP contribution in [0.5, 0.6) is 0 Å². The number of nitrogens with zero attached hydrogens (tertiary/aromatic N) is 1. The third kappa shape index (κ3) is 6.25. The van der Waals surface area contributed by atoms with Crippen molar-refractivity contribution in [3.8, 4) is 0 Å². The van der Waals surface area contributed by atoms with E-state index in [1.54, 1.807) is 0 Å². The van der Waals surface area contributed by atoms with Crippen LogP contribution in [-0.2, 0) is 4.79 Å². The molecule has 1 aliphatic rings. The number of hydrogen-bond acceptors (Lipinski definition) is 2. The van der Waals surface area contributed by atoms with E-state index < -0.39 is 0 Å². The fourth-order valence-electron chi connectivity index (χ4n) is 3.34. The van der Waals surface area contributed by atoms with E-state index in [1.165, 1.54) is 18.5 Å². The number of amides is 1. The number of benzene rings is 1. The summed E-state index contributed by atoms with van der Waals surface area (Å²) in [6, 6.07) is 10.3. The van der Waals surface area contributed by atoms with Crippen LogP contribution in [0.3, 0.4) is 0 Å². The molecule has 0 bridgehead atoms. The van der Waals surface area contributed by atoms with E-state index in [-0.39, 0.29) is 0 Å². The first-order chi connectivity index (χ1) is 11.2. The van der Waals surface area contributed by atoms with Gasteiger partial charge in [0.25, 0.3) is 0 Å². The zero-order valence-electron chi connectivity index (χ0n) is 14.8. The Kier molecular flexibility index (Phi) is 7.44. The number of nitrogens with one attached hydrogen (secondary N) is 1. The van der Waals surface area contributed by atoms with Crippen LogP contribution in [0, 0.1) is 11.8 Å². The summed E-state index contributed by atoms with van der Waals surface area (Å²) >= 11 is 0. The Morgan fingerprint density at radius 2 is 1.83 bits per heavy atom. The lowest BCUT2D eigenvalue weighted by Crippen LogP contribution is -2.39. The number of hydrogen-bond donors (Lipinski definition) is 1. The van der Waals surface area contributed by atoms with Crippen molar-refractivity contribution in [3.63, 3.8) is 0 Å². The molecule has 128 valence electrons. The van der Waals surface area contributed by atoms with E-state index in [9.17, 15) is 4.79 Å². The molecule has 1 aliphatic heterocycles. The smallest absolute Gasteiger partial charge is 0.222 e. The summed E-state index contributed by atoms with van der Waals surface area (Å²) < 4.78 is 0. The molecule has 0 saturated carbocycles. The van der Waals surface area contributed by atoms with E-state index in [2.05, 4.69) is 36.2 Å². The third-order valence-corrected chi connectivity index (χ3v) is 5.01. The van der Waals surface area contributed by atoms with Gasteiger partial charge in [0.05, 0.1) is 0 Å². The van der Waals surface area contributed by atoms with Gasteiger partial charge in [0.2, 0.25) is 5.91 Å². The van der Waals surface area contributed by atoms with Crippen LogP contribution >= 0.6 is 0 Å². The van der Waals surface area contributed by atoms with Gasteiger partial charge in [-0.1, -0.05) is 38.5 Å². The molecule has 1 amide bonds. The number of anilines is 1. The highest BCUT2D eigenvalue weighted by atomic mass is 16.2. The molecule has 1 N–H and O–H groups in total. The van der Waals surface area contributed by atoms with Crippen molar-refractivity contribution >= 4 is 11.6 Å². The van der Waals surface area contributed by atoms with Crippen molar-refractivity contribution in [2.24, 2.45) is 11.8 Å². The molecule has 1 heterocycles. The standard InChI is InChI=1S/C20H32N2O/c1-17(2)18-12-15-22(16-13-18)20(23)11-7-4-8-14-21-19-9-5-3-6-10-19/h3,5-6,9-10,17-18,21H,4,7-8,11-16H2,1-2H3. The minimum Gasteiger partial charge on any atom is -0.385 e. The zero-order valence-corrected chi connectivity index (χ0v) is 14.8. The van der Waals surface area contributed by atoms with Gasteiger partial charge in [0, 0.05) is 31.7 Å². The van der Waals surface area contributed by atoms with Gasteiger partial charge in [0.1, 0.15) is 0 Å². The molecule has 0 radical (unpaired) electrons. The molecule has 2 rings (SSSR count). The van der Waals surface area contributed by atoms with Crippen LogP contribution in [-0.4, -0.2) is 30.4 Å². The SMILES string of the molecule is CC(C)C1CCN(C(=O)CCCCCNc2ccccc2)CC1. The van der Waals surface area contributed by atoms with E-state index in [0.29, 0.717) is 5.91 Å². The van der Waals surface area contributed by atoms with Gasteiger partial charge in [0.15, 0.2) is 0 Å². The lowest BCUT2D eigenvalue weighted by atomic mass is 9.86. The van der Waals surface area contributed by atoms with Crippen molar-refractivity contribution in [2.75, 3.05) is 25.0 Å². The summed E-state index contributed by atoms with van der Waals surface area (Å²) in [5.74, 6) is 1.93. The Hall–Kier alpha value is -1.51. The molecule has 1 fully saturated rings. The summed E-state index contributed by atoms with van der Waals surface area (Å²) in [5, 5.41) is 3.42. The maximum absolute atomic E-state index is 12.2. The van der Waals surface area contributed by atoms with Crippen LogP contribution in [0.2, 0.25) is 0 Å². The molecular weight excluding hydrogens is 284 g/mol. The Labute approximate surface area is 141 Å². The molecule has 1 saturated heterocycles. The first-order valence-electron chi connectivity index (χ1n) is 9.23. The lowest BCUT2D eigenvalue weighted by Gasteiger charge is -2.34. The van der Waals surface area contributed by atoms with Gasteiger partial charge in [-0.25, -0.2) is 0 Å². The maximum atomic E-state index is 12.2. The molecule has 0 spiro atoms. The lowest BCUT2D eigenvalue weighted by molar-refractivity contribution is -0.132. The molecule has 1 aromatic carbocycles. The minimum absolute atomic E-state index is 0.364. The summed E-state index contributed by atoms with van der Waals surface area (Å²) in [6.07, 6.45) is 6.34. The van der Waals surface area contributed by atoms with E-state index in [0.717, 1.165) is 57.2 Å². The van der Waals surface area contributed by atoms with Gasteiger partial charge in [-0.05, 0) is 49.7 Å². The van der Waals surface area contributed by atoms with E-state index >= 15 is 0 Å². The normalized spacial score (nSPS) is 15.9. The molecule has 23 heavy (non-hydrogen) atoms. The van der Waals surface area contributed by atoms with E-state index in [4.69, 9.17) is 0 Å². The quantitative estimate of drug-likeness (QED) is 0.713. The minimum atomic E-state index is 0.364. The monoisotopic (exact) mass is 316 g/mol. The summed E-state index contributed by atoms with van der Waals surface area (Å²) in [5.41, 5.74) is 1.18. The van der Waals surface area contributed by atoms with Gasteiger partial charge >= 0.3 is 0 Å². The molecule has 3 nitrogen and oxygen atoms in total. The van der Waals surface area contributed by atoms with Crippen LogP contribution in [0.15, 0.2) is 30.3 Å². The second-order valence-corrected chi connectivity index (χ2v) is 7.07. The molecule has 3 heteroatoms. The topological polar surface area (TPSA) is 32.3 Å². The average Bonchev–Trinajstić information content (AvgIpc) is 2.58. The number of piperidine rings is 1. The number of likely N-dealkylation sites (tertiary alicyclic amines) is 1. The van der Waals surface area contributed by atoms with Crippen LogP contribution in [0.1, 0.15) is 52.4 Å². The van der Waals surface area contributed by atoms with Gasteiger partial charge in [-0.3, -0.25) is 4.79 Å². The Morgan fingerprint density at radius 1 is 1.13 bits per heavy atom. The largest absolute Gasteiger partial charge is 0.385 e. The molecule has 1 aromatic rings. The fourth-order valence-corrected chi connectivity index (χ4v) is 3.34. The van der Waals surface area contributed by atoms with Crippen LogP contribution in [0.4, 0.5) is 5.69 Å². The third-order valence-electron chi connectivity index (χ3n) is 5.01. The second-order valence-electron chi connectivity index (χ2n) is 7.07. The zero-order chi connectivity index (χ0) is 16.5. The Balaban J connectivity index is 1.52. The summed E-state index contributed by atoms with van der Waals surface area (Å²) in [6.45, 7) is 7.52. The van der Waals surface area contributed by atoms with Crippen molar-refractivity contribution in [1.82, 2.24) is 4.90 Å². The van der Waals surface area contributed by atoms with Crippen LogP contribution in [0.25, 0.3) is 0 Å². The molecule has 0 aliphatic carbocycles. The fraction of sp³-hybridized carbons (Fsp3) is 0.650. The van der Waals surface area contributed by atoms with Crippen LogP contribution < -0.4 is 5.32 Å².